The number of carbonyl (C=O) groups is 1. The van der Waals surface area contributed by atoms with Crippen LogP contribution in [0.25, 0.3) is 5.65 Å². The molecule has 1 amide bonds. The minimum Gasteiger partial charge on any atom is -0.342 e. The molecule has 1 aliphatic rings. The molecule has 0 saturated carbocycles. The SMILES string of the molecule is CC(N)C1CCCN(C(=O)Cc2cn3ccccc3n2)C1. The first-order chi connectivity index (χ1) is 10.1. The number of hydrogen-bond acceptors (Lipinski definition) is 3. The maximum absolute atomic E-state index is 12.4. The number of pyridine rings is 1. The Labute approximate surface area is 124 Å². The van der Waals surface area contributed by atoms with E-state index in [2.05, 4.69) is 4.98 Å². The first kappa shape index (κ1) is 14.1. The van der Waals surface area contributed by atoms with Gasteiger partial charge in [-0.25, -0.2) is 4.98 Å². The van der Waals surface area contributed by atoms with Gasteiger partial charge in [0.2, 0.25) is 5.91 Å². The van der Waals surface area contributed by atoms with Gasteiger partial charge in [-0.1, -0.05) is 6.07 Å². The highest BCUT2D eigenvalue weighted by molar-refractivity contribution is 5.78. The summed E-state index contributed by atoms with van der Waals surface area (Å²) in [6, 6.07) is 6.00. The molecule has 5 nitrogen and oxygen atoms in total. The molecule has 0 aliphatic carbocycles. The number of carbonyl (C=O) groups excluding carboxylic acids is 1. The Bertz CT molecular complexity index is 601. The van der Waals surface area contributed by atoms with Crippen molar-refractivity contribution in [3.8, 4) is 0 Å². The van der Waals surface area contributed by atoms with Gasteiger partial charge in [0.25, 0.3) is 0 Å². The zero-order valence-electron chi connectivity index (χ0n) is 12.4. The molecule has 0 radical (unpaired) electrons. The summed E-state index contributed by atoms with van der Waals surface area (Å²) in [6.07, 6.45) is 6.41. The van der Waals surface area contributed by atoms with Crippen molar-refractivity contribution < 1.29 is 4.79 Å². The Hall–Kier alpha value is -1.88. The number of amides is 1. The van der Waals surface area contributed by atoms with Crippen molar-refractivity contribution in [3.63, 3.8) is 0 Å². The third-order valence-corrected chi connectivity index (χ3v) is 4.30. The number of nitrogens with two attached hydrogens (primary N) is 1. The van der Waals surface area contributed by atoms with Crippen LogP contribution in [0.4, 0.5) is 0 Å². The second-order valence-electron chi connectivity index (χ2n) is 5.98. The van der Waals surface area contributed by atoms with Gasteiger partial charge >= 0.3 is 0 Å². The number of rotatable bonds is 3. The van der Waals surface area contributed by atoms with Gasteiger partial charge in [0, 0.05) is 31.5 Å². The van der Waals surface area contributed by atoms with Crippen LogP contribution in [0.1, 0.15) is 25.5 Å². The average Bonchev–Trinajstić information content (AvgIpc) is 2.89. The van der Waals surface area contributed by atoms with Gasteiger partial charge in [0.05, 0.1) is 12.1 Å². The molecule has 21 heavy (non-hydrogen) atoms. The molecule has 5 heteroatoms. The predicted octanol–water partition coefficient (Wildman–Crippen LogP) is 1.46. The van der Waals surface area contributed by atoms with Crippen molar-refractivity contribution in [1.82, 2.24) is 14.3 Å². The van der Waals surface area contributed by atoms with Crippen molar-refractivity contribution in [2.24, 2.45) is 11.7 Å². The number of imidazole rings is 1. The highest BCUT2D eigenvalue weighted by Gasteiger charge is 2.26. The molecule has 0 bridgehead atoms. The molecule has 112 valence electrons. The van der Waals surface area contributed by atoms with E-state index in [4.69, 9.17) is 5.73 Å². The molecule has 1 saturated heterocycles. The lowest BCUT2D eigenvalue weighted by molar-refractivity contribution is -0.132. The summed E-state index contributed by atoms with van der Waals surface area (Å²) in [5.74, 6) is 0.576. The normalized spacial score (nSPS) is 20.7. The molecule has 3 rings (SSSR count). The Balaban J connectivity index is 1.68. The predicted molar refractivity (Wildman–Crippen MR) is 81.8 cm³/mol. The van der Waals surface area contributed by atoms with E-state index in [0.29, 0.717) is 12.3 Å². The third kappa shape index (κ3) is 3.08. The zero-order valence-corrected chi connectivity index (χ0v) is 12.4. The molecule has 2 aromatic heterocycles. The van der Waals surface area contributed by atoms with Crippen LogP contribution in [0.5, 0.6) is 0 Å². The highest BCUT2D eigenvalue weighted by atomic mass is 16.2. The molecule has 2 atom stereocenters. The standard InChI is InChI=1S/C16H22N4O/c1-12(17)13-5-4-8-20(10-13)16(21)9-14-11-19-7-3-2-6-15(19)18-14/h2-3,6-7,11-13H,4-5,8-10,17H2,1H3. The maximum atomic E-state index is 12.4. The molecular weight excluding hydrogens is 264 g/mol. The van der Waals surface area contributed by atoms with E-state index in [1.165, 1.54) is 0 Å². The zero-order chi connectivity index (χ0) is 14.8. The number of aromatic nitrogens is 2. The van der Waals surface area contributed by atoms with E-state index in [1.807, 2.05) is 46.8 Å². The Morgan fingerprint density at radius 3 is 3.14 bits per heavy atom. The van der Waals surface area contributed by atoms with E-state index in [1.54, 1.807) is 0 Å². The topological polar surface area (TPSA) is 63.6 Å². The second-order valence-corrected chi connectivity index (χ2v) is 5.98. The van der Waals surface area contributed by atoms with E-state index in [-0.39, 0.29) is 11.9 Å². The summed E-state index contributed by atoms with van der Waals surface area (Å²) in [5, 5.41) is 0. The maximum Gasteiger partial charge on any atom is 0.228 e. The minimum atomic E-state index is 0.149. The van der Waals surface area contributed by atoms with Gasteiger partial charge in [-0.3, -0.25) is 4.79 Å². The van der Waals surface area contributed by atoms with Gasteiger partial charge in [0.1, 0.15) is 5.65 Å². The van der Waals surface area contributed by atoms with Crippen molar-refractivity contribution >= 4 is 11.6 Å². The van der Waals surface area contributed by atoms with Gasteiger partial charge in [-0.05, 0) is 37.8 Å². The molecule has 0 aromatic carbocycles. The van der Waals surface area contributed by atoms with Crippen LogP contribution in [0, 0.1) is 5.92 Å². The summed E-state index contributed by atoms with van der Waals surface area (Å²) < 4.78 is 1.95. The highest BCUT2D eigenvalue weighted by Crippen LogP contribution is 2.19. The molecule has 3 heterocycles. The summed E-state index contributed by atoms with van der Waals surface area (Å²) >= 11 is 0. The van der Waals surface area contributed by atoms with Gasteiger partial charge in [-0.15, -0.1) is 0 Å². The van der Waals surface area contributed by atoms with E-state index >= 15 is 0 Å². The van der Waals surface area contributed by atoms with Crippen LogP contribution in [0.15, 0.2) is 30.6 Å². The molecule has 0 spiro atoms. The van der Waals surface area contributed by atoms with Crippen LogP contribution in [0.3, 0.4) is 0 Å². The fourth-order valence-electron chi connectivity index (χ4n) is 3.00. The fraction of sp³-hybridized carbons (Fsp3) is 0.500. The fourth-order valence-corrected chi connectivity index (χ4v) is 3.00. The third-order valence-electron chi connectivity index (χ3n) is 4.30. The van der Waals surface area contributed by atoms with E-state index < -0.39 is 0 Å². The molecule has 2 N–H and O–H groups in total. The summed E-state index contributed by atoms with van der Waals surface area (Å²) in [7, 11) is 0. The van der Waals surface area contributed by atoms with Crippen LogP contribution in [0.2, 0.25) is 0 Å². The molecular formula is C16H22N4O. The molecule has 1 fully saturated rings. The van der Waals surface area contributed by atoms with Crippen LogP contribution >= 0.6 is 0 Å². The lowest BCUT2D eigenvalue weighted by Gasteiger charge is -2.34. The lowest BCUT2D eigenvalue weighted by Crippen LogP contribution is -2.45. The smallest absolute Gasteiger partial charge is 0.228 e. The largest absolute Gasteiger partial charge is 0.342 e. The number of likely N-dealkylation sites (tertiary alicyclic amines) is 1. The minimum absolute atomic E-state index is 0.149. The first-order valence-corrected chi connectivity index (χ1v) is 7.59. The second kappa shape index (κ2) is 5.85. The van der Waals surface area contributed by atoms with Crippen molar-refractivity contribution in [2.75, 3.05) is 13.1 Å². The van der Waals surface area contributed by atoms with Gasteiger partial charge in [0.15, 0.2) is 0 Å². The number of hydrogen-bond donors (Lipinski definition) is 1. The average molecular weight is 286 g/mol. The van der Waals surface area contributed by atoms with E-state index in [0.717, 1.165) is 37.3 Å². The molecule has 2 aromatic rings. The van der Waals surface area contributed by atoms with Crippen molar-refractivity contribution in [2.45, 2.75) is 32.2 Å². The molecule has 1 aliphatic heterocycles. The van der Waals surface area contributed by atoms with Crippen molar-refractivity contribution in [3.05, 3.63) is 36.3 Å². The van der Waals surface area contributed by atoms with Crippen molar-refractivity contribution in [1.29, 1.82) is 0 Å². The lowest BCUT2D eigenvalue weighted by atomic mass is 9.92. The Morgan fingerprint density at radius 2 is 2.38 bits per heavy atom. The summed E-state index contributed by atoms with van der Waals surface area (Å²) in [6.45, 7) is 3.65. The number of nitrogens with zero attached hydrogens (tertiary/aromatic N) is 3. The first-order valence-electron chi connectivity index (χ1n) is 7.59. The van der Waals surface area contributed by atoms with E-state index in [9.17, 15) is 4.79 Å². The number of piperidine rings is 1. The molecule has 2 unspecified atom stereocenters. The van der Waals surface area contributed by atoms with Gasteiger partial charge in [-0.2, -0.15) is 0 Å². The van der Waals surface area contributed by atoms with Crippen LogP contribution < -0.4 is 5.73 Å². The summed E-state index contributed by atoms with van der Waals surface area (Å²) in [4.78, 5) is 18.9. The number of fused-ring (bicyclic) bond motifs is 1. The van der Waals surface area contributed by atoms with Gasteiger partial charge < -0.3 is 15.0 Å². The summed E-state index contributed by atoms with van der Waals surface area (Å²) in [5.41, 5.74) is 7.69. The Kier molecular flexibility index (Phi) is 3.92. The quantitative estimate of drug-likeness (QED) is 0.929. The monoisotopic (exact) mass is 286 g/mol. The Morgan fingerprint density at radius 1 is 1.52 bits per heavy atom. The van der Waals surface area contributed by atoms with Crippen LogP contribution in [-0.2, 0) is 11.2 Å². The van der Waals surface area contributed by atoms with Crippen LogP contribution in [-0.4, -0.2) is 39.3 Å².